The molecule has 1 amide bonds. The van der Waals surface area contributed by atoms with E-state index in [1.807, 2.05) is 6.92 Å². The molecule has 1 aliphatic rings. The number of anilines is 1. The molecule has 0 fully saturated rings. The van der Waals surface area contributed by atoms with E-state index in [0.717, 1.165) is 23.9 Å². The molecule has 0 spiro atoms. The number of fused-ring (bicyclic) bond motifs is 2. The third-order valence-corrected chi connectivity index (χ3v) is 6.35. The van der Waals surface area contributed by atoms with Crippen molar-refractivity contribution in [3.63, 3.8) is 0 Å². The fourth-order valence-corrected chi connectivity index (χ4v) is 4.89. The first-order valence-corrected chi connectivity index (χ1v) is 10.9. The predicted molar refractivity (Wildman–Crippen MR) is 118 cm³/mol. The van der Waals surface area contributed by atoms with E-state index in [0.29, 0.717) is 16.4 Å². The van der Waals surface area contributed by atoms with Gasteiger partial charge in [-0.3, -0.25) is 14.5 Å². The maximum absolute atomic E-state index is 13.9. The molecule has 7 nitrogen and oxygen atoms in total. The van der Waals surface area contributed by atoms with Crippen molar-refractivity contribution in [2.24, 2.45) is 0 Å². The summed E-state index contributed by atoms with van der Waals surface area (Å²) in [5.74, 6) is -0.551. The molecule has 5 rings (SSSR count). The molecular formula is C23H18FN3O4S. The average Bonchev–Trinajstić information content (AvgIpc) is 3.37. The fraction of sp³-hybridized carbons (Fsp3) is 0.217. The van der Waals surface area contributed by atoms with Gasteiger partial charge in [0.2, 0.25) is 10.9 Å². The Bertz CT molecular complexity index is 1410. The van der Waals surface area contributed by atoms with Crippen LogP contribution in [0.15, 0.2) is 51.7 Å². The highest BCUT2D eigenvalue weighted by Crippen LogP contribution is 2.42. The molecule has 4 aromatic rings. The highest BCUT2D eigenvalue weighted by atomic mass is 32.1. The number of aromatic nitrogens is 2. The van der Waals surface area contributed by atoms with E-state index in [1.54, 1.807) is 24.3 Å². The number of ether oxygens (including phenoxy) is 1. The number of aryl methyl sites for hydroxylation is 1. The number of halogens is 1. The Balaban J connectivity index is 1.77. The quantitative estimate of drug-likeness (QED) is 0.444. The normalized spacial score (nSPS) is 15.4. The third kappa shape index (κ3) is 3.16. The Morgan fingerprint density at radius 2 is 2.03 bits per heavy atom. The van der Waals surface area contributed by atoms with Crippen molar-refractivity contribution in [2.45, 2.75) is 25.8 Å². The number of rotatable bonds is 5. The molecule has 0 bridgehead atoms. The standard InChI is InChI=1S/C23H18FN3O4S/c1-3-5-17-25-26-23(32-17)27-19(12-6-4-7-14(10-12)30-2)18-20(28)15-11-13(24)8-9-16(15)31-21(18)22(27)29/h4,6-11,19H,3,5H2,1-2H3/t19-/m0/s1. The zero-order valence-corrected chi connectivity index (χ0v) is 18.1. The van der Waals surface area contributed by atoms with Crippen molar-refractivity contribution in [3.05, 3.63) is 80.4 Å². The highest BCUT2D eigenvalue weighted by molar-refractivity contribution is 7.15. The van der Waals surface area contributed by atoms with Crippen LogP contribution in [0, 0.1) is 5.82 Å². The Morgan fingerprint density at radius 3 is 2.81 bits per heavy atom. The average molecular weight is 451 g/mol. The van der Waals surface area contributed by atoms with E-state index in [2.05, 4.69) is 10.2 Å². The van der Waals surface area contributed by atoms with Gasteiger partial charge < -0.3 is 9.15 Å². The van der Waals surface area contributed by atoms with E-state index >= 15 is 0 Å². The lowest BCUT2D eigenvalue weighted by Crippen LogP contribution is -2.29. The van der Waals surface area contributed by atoms with Gasteiger partial charge in [0.25, 0.3) is 5.91 Å². The van der Waals surface area contributed by atoms with Gasteiger partial charge >= 0.3 is 0 Å². The monoisotopic (exact) mass is 451 g/mol. The Labute approximate surface area is 186 Å². The van der Waals surface area contributed by atoms with Crippen molar-refractivity contribution >= 4 is 33.3 Å². The molecule has 162 valence electrons. The van der Waals surface area contributed by atoms with Crippen LogP contribution in [0.25, 0.3) is 11.0 Å². The van der Waals surface area contributed by atoms with Gasteiger partial charge in [-0.2, -0.15) is 0 Å². The molecule has 0 saturated carbocycles. The van der Waals surface area contributed by atoms with Crippen LogP contribution in [0.4, 0.5) is 9.52 Å². The lowest BCUT2D eigenvalue weighted by atomic mass is 9.98. The summed E-state index contributed by atoms with van der Waals surface area (Å²) >= 11 is 1.30. The first-order valence-electron chi connectivity index (χ1n) is 10.1. The minimum Gasteiger partial charge on any atom is -0.497 e. The number of hydrogen-bond donors (Lipinski definition) is 0. The number of methoxy groups -OCH3 is 1. The van der Waals surface area contributed by atoms with Gasteiger partial charge in [0.05, 0.1) is 24.1 Å². The summed E-state index contributed by atoms with van der Waals surface area (Å²) in [5.41, 5.74) is 0.488. The second-order valence-electron chi connectivity index (χ2n) is 7.40. The first kappa shape index (κ1) is 20.3. The van der Waals surface area contributed by atoms with E-state index < -0.39 is 23.2 Å². The molecule has 1 aliphatic heterocycles. The fourth-order valence-electron chi connectivity index (χ4n) is 3.93. The SMILES string of the molecule is CCCc1nnc(N2C(=O)c3oc4ccc(F)cc4c(=O)c3[C@@H]2c2cccc(OC)c2)s1. The second kappa shape index (κ2) is 7.83. The highest BCUT2D eigenvalue weighted by Gasteiger charge is 2.45. The molecular weight excluding hydrogens is 433 g/mol. The number of carbonyl (C=O) groups excluding carboxylic acids is 1. The number of hydrogen-bond acceptors (Lipinski definition) is 7. The van der Waals surface area contributed by atoms with Gasteiger partial charge in [0.15, 0.2) is 5.43 Å². The lowest BCUT2D eigenvalue weighted by molar-refractivity contribution is 0.0970. The smallest absolute Gasteiger partial charge is 0.297 e. The van der Waals surface area contributed by atoms with Crippen LogP contribution in [0.3, 0.4) is 0 Å². The van der Waals surface area contributed by atoms with E-state index in [-0.39, 0.29) is 22.3 Å². The van der Waals surface area contributed by atoms with Crippen molar-refractivity contribution in [1.29, 1.82) is 0 Å². The van der Waals surface area contributed by atoms with Gasteiger partial charge in [-0.25, -0.2) is 4.39 Å². The number of carbonyl (C=O) groups is 1. The Morgan fingerprint density at radius 1 is 1.19 bits per heavy atom. The summed E-state index contributed by atoms with van der Waals surface area (Å²) in [7, 11) is 1.54. The maximum atomic E-state index is 13.9. The van der Waals surface area contributed by atoms with Crippen LogP contribution >= 0.6 is 11.3 Å². The summed E-state index contributed by atoms with van der Waals surface area (Å²) in [6.07, 6.45) is 1.62. The van der Waals surface area contributed by atoms with E-state index in [4.69, 9.17) is 9.15 Å². The molecule has 2 aromatic heterocycles. The minimum absolute atomic E-state index is 0.0748. The first-order chi connectivity index (χ1) is 15.5. The molecule has 0 aliphatic carbocycles. The molecule has 2 aromatic carbocycles. The number of nitrogens with zero attached hydrogens (tertiary/aromatic N) is 3. The van der Waals surface area contributed by atoms with Crippen LogP contribution in [0.5, 0.6) is 5.75 Å². The van der Waals surface area contributed by atoms with Gasteiger partial charge in [0, 0.05) is 6.42 Å². The molecule has 1 atom stereocenters. The van der Waals surface area contributed by atoms with Gasteiger partial charge in [0.1, 0.15) is 22.2 Å². The van der Waals surface area contributed by atoms with Crippen molar-refractivity contribution in [3.8, 4) is 5.75 Å². The second-order valence-corrected chi connectivity index (χ2v) is 8.44. The summed E-state index contributed by atoms with van der Waals surface area (Å²) < 4.78 is 25.1. The topological polar surface area (TPSA) is 85.5 Å². The van der Waals surface area contributed by atoms with E-state index in [9.17, 15) is 14.0 Å². The summed E-state index contributed by atoms with van der Waals surface area (Å²) in [6.45, 7) is 2.03. The molecule has 9 heteroatoms. The number of benzene rings is 2. The minimum atomic E-state index is -0.807. The largest absolute Gasteiger partial charge is 0.497 e. The van der Waals surface area contributed by atoms with Crippen LogP contribution < -0.4 is 15.1 Å². The van der Waals surface area contributed by atoms with Gasteiger partial charge in [-0.15, -0.1) is 10.2 Å². The zero-order chi connectivity index (χ0) is 22.4. The van der Waals surface area contributed by atoms with Crippen LogP contribution in [0.2, 0.25) is 0 Å². The zero-order valence-electron chi connectivity index (χ0n) is 17.3. The maximum Gasteiger partial charge on any atom is 0.297 e. The Kier molecular flexibility index (Phi) is 4.97. The van der Waals surface area contributed by atoms with Crippen molar-refractivity contribution in [2.75, 3.05) is 12.0 Å². The van der Waals surface area contributed by atoms with Crippen LogP contribution in [-0.2, 0) is 6.42 Å². The van der Waals surface area contributed by atoms with E-state index in [1.165, 1.54) is 35.5 Å². The molecule has 0 N–H and O–H groups in total. The van der Waals surface area contributed by atoms with Gasteiger partial charge in [-0.1, -0.05) is 30.4 Å². The lowest BCUT2D eigenvalue weighted by Gasteiger charge is -2.22. The Hall–Kier alpha value is -3.59. The molecule has 32 heavy (non-hydrogen) atoms. The molecule has 0 saturated heterocycles. The van der Waals surface area contributed by atoms with Crippen molar-refractivity contribution < 1.29 is 18.3 Å². The molecule has 0 unspecified atom stereocenters. The summed E-state index contributed by atoms with van der Waals surface area (Å²) in [5, 5.41) is 9.65. The summed E-state index contributed by atoms with van der Waals surface area (Å²) in [4.78, 5) is 28.4. The molecule has 3 heterocycles. The summed E-state index contributed by atoms with van der Waals surface area (Å²) in [6, 6.07) is 9.96. The third-order valence-electron chi connectivity index (χ3n) is 5.37. The van der Waals surface area contributed by atoms with Gasteiger partial charge in [-0.05, 0) is 42.3 Å². The predicted octanol–water partition coefficient (Wildman–Crippen LogP) is 4.49. The van der Waals surface area contributed by atoms with Crippen LogP contribution in [0.1, 0.15) is 46.1 Å². The number of amides is 1. The van der Waals surface area contributed by atoms with Crippen LogP contribution in [-0.4, -0.2) is 23.2 Å². The molecule has 0 radical (unpaired) electrons. The van der Waals surface area contributed by atoms with Crippen molar-refractivity contribution in [1.82, 2.24) is 10.2 Å².